The normalized spacial score (nSPS) is 10.7. The van der Waals surface area contributed by atoms with Gasteiger partial charge in [0, 0.05) is 17.7 Å². The molecular weight excluding hydrogens is 384 g/mol. The van der Waals surface area contributed by atoms with Gasteiger partial charge < -0.3 is 19.5 Å². The molecule has 0 atom stereocenters. The number of carbonyl (C=O) groups excluding carboxylic acids is 2. The van der Waals surface area contributed by atoms with E-state index in [0.717, 1.165) is 16.5 Å². The van der Waals surface area contributed by atoms with Crippen molar-refractivity contribution in [3.63, 3.8) is 0 Å². The fourth-order valence-corrected chi connectivity index (χ4v) is 2.81. The van der Waals surface area contributed by atoms with E-state index in [1.54, 1.807) is 55.8 Å². The average molecular weight is 406 g/mol. The molecule has 1 amide bonds. The number of carbonyl (C=O) groups is 2. The van der Waals surface area contributed by atoms with Crippen molar-refractivity contribution in [2.75, 3.05) is 25.6 Å². The molecule has 7 heteroatoms. The lowest BCUT2D eigenvalue weighted by atomic mass is 10.2. The standard InChI is InChI=1S/C23H22N2O5/c1-3-29-20-11-9-16(14-21(20)28-2)10-12-23(27)30-15-22(26)25-19-8-4-7-18-17(19)6-5-13-24-18/h4-14H,3,15H2,1-2H3,(H,25,26)/b12-10+. The van der Waals surface area contributed by atoms with Crippen molar-refractivity contribution >= 4 is 34.5 Å². The highest BCUT2D eigenvalue weighted by molar-refractivity contribution is 6.02. The maximum Gasteiger partial charge on any atom is 0.331 e. The fourth-order valence-electron chi connectivity index (χ4n) is 2.81. The Morgan fingerprint density at radius 3 is 2.77 bits per heavy atom. The highest BCUT2D eigenvalue weighted by Crippen LogP contribution is 2.28. The second-order valence-corrected chi connectivity index (χ2v) is 6.21. The molecule has 1 aromatic heterocycles. The van der Waals surface area contributed by atoms with E-state index in [-0.39, 0.29) is 0 Å². The van der Waals surface area contributed by atoms with Gasteiger partial charge >= 0.3 is 5.97 Å². The van der Waals surface area contributed by atoms with Crippen LogP contribution in [0.25, 0.3) is 17.0 Å². The molecule has 0 fully saturated rings. The molecule has 0 radical (unpaired) electrons. The first kappa shape index (κ1) is 20.9. The number of benzene rings is 2. The number of esters is 1. The van der Waals surface area contributed by atoms with Crippen molar-refractivity contribution < 1.29 is 23.8 Å². The molecule has 0 unspecified atom stereocenters. The van der Waals surface area contributed by atoms with E-state index >= 15 is 0 Å². The van der Waals surface area contributed by atoms with Crippen LogP contribution < -0.4 is 14.8 Å². The Hall–Kier alpha value is -3.87. The zero-order chi connectivity index (χ0) is 21.3. The molecule has 154 valence electrons. The molecule has 0 aliphatic heterocycles. The first-order valence-corrected chi connectivity index (χ1v) is 9.40. The first-order valence-electron chi connectivity index (χ1n) is 9.40. The maximum atomic E-state index is 12.2. The Morgan fingerprint density at radius 2 is 1.97 bits per heavy atom. The minimum absolute atomic E-state index is 0.396. The minimum Gasteiger partial charge on any atom is -0.493 e. The third kappa shape index (κ3) is 5.35. The third-order valence-corrected chi connectivity index (χ3v) is 4.16. The Balaban J connectivity index is 1.55. The summed E-state index contributed by atoms with van der Waals surface area (Å²) < 4.78 is 15.8. The van der Waals surface area contributed by atoms with Crippen molar-refractivity contribution in [2.24, 2.45) is 0 Å². The molecule has 0 saturated heterocycles. The van der Waals surface area contributed by atoms with E-state index in [4.69, 9.17) is 14.2 Å². The van der Waals surface area contributed by atoms with Crippen LogP contribution in [-0.2, 0) is 14.3 Å². The highest BCUT2D eigenvalue weighted by atomic mass is 16.5. The zero-order valence-corrected chi connectivity index (χ0v) is 16.8. The lowest BCUT2D eigenvalue weighted by Crippen LogP contribution is -2.20. The summed E-state index contributed by atoms with van der Waals surface area (Å²) in [5, 5.41) is 3.55. The Morgan fingerprint density at radius 1 is 1.10 bits per heavy atom. The Labute approximate surface area is 174 Å². The second-order valence-electron chi connectivity index (χ2n) is 6.21. The zero-order valence-electron chi connectivity index (χ0n) is 16.8. The lowest BCUT2D eigenvalue weighted by Gasteiger charge is -2.09. The molecule has 7 nitrogen and oxygen atoms in total. The van der Waals surface area contributed by atoms with Crippen LogP contribution in [0.15, 0.2) is 60.8 Å². The fraction of sp³-hybridized carbons (Fsp3) is 0.174. The number of ether oxygens (including phenoxy) is 3. The van der Waals surface area contributed by atoms with Crippen LogP contribution in [-0.4, -0.2) is 37.2 Å². The number of fused-ring (bicyclic) bond motifs is 1. The van der Waals surface area contributed by atoms with Crippen molar-refractivity contribution in [1.82, 2.24) is 4.98 Å². The number of hydrogen-bond acceptors (Lipinski definition) is 6. The monoisotopic (exact) mass is 406 g/mol. The molecule has 0 bridgehead atoms. The average Bonchev–Trinajstić information content (AvgIpc) is 2.77. The summed E-state index contributed by atoms with van der Waals surface area (Å²) >= 11 is 0. The van der Waals surface area contributed by atoms with Gasteiger partial charge in [-0.1, -0.05) is 12.1 Å². The van der Waals surface area contributed by atoms with Crippen LogP contribution in [0.3, 0.4) is 0 Å². The van der Waals surface area contributed by atoms with Crippen LogP contribution in [0.2, 0.25) is 0 Å². The van der Waals surface area contributed by atoms with Gasteiger partial charge in [-0.05, 0) is 55.0 Å². The summed E-state index contributed by atoms with van der Waals surface area (Å²) in [5.74, 6) is 0.129. The van der Waals surface area contributed by atoms with E-state index in [9.17, 15) is 9.59 Å². The third-order valence-electron chi connectivity index (χ3n) is 4.16. The molecule has 3 aromatic rings. The van der Waals surface area contributed by atoms with Crippen LogP contribution >= 0.6 is 0 Å². The van der Waals surface area contributed by atoms with Gasteiger partial charge in [0.2, 0.25) is 0 Å². The summed E-state index contributed by atoms with van der Waals surface area (Å²) in [6.07, 6.45) is 4.51. The topological polar surface area (TPSA) is 86.8 Å². The van der Waals surface area contributed by atoms with Gasteiger partial charge in [0.25, 0.3) is 5.91 Å². The number of rotatable bonds is 8. The number of methoxy groups -OCH3 is 1. The van der Waals surface area contributed by atoms with E-state index in [1.165, 1.54) is 6.08 Å². The smallest absolute Gasteiger partial charge is 0.331 e. The van der Waals surface area contributed by atoms with Crippen molar-refractivity contribution in [3.05, 3.63) is 66.4 Å². The van der Waals surface area contributed by atoms with Gasteiger partial charge in [0.05, 0.1) is 24.9 Å². The van der Waals surface area contributed by atoms with Gasteiger partial charge in [0.1, 0.15) is 0 Å². The summed E-state index contributed by atoms with van der Waals surface area (Å²) in [7, 11) is 1.55. The summed E-state index contributed by atoms with van der Waals surface area (Å²) in [6.45, 7) is 2.01. The molecule has 3 rings (SSSR count). The van der Waals surface area contributed by atoms with Crippen LogP contribution in [0.1, 0.15) is 12.5 Å². The molecule has 30 heavy (non-hydrogen) atoms. The molecule has 0 aliphatic rings. The number of amides is 1. The van der Waals surface area contributed by atoms with Gasteiger partial charge in [-0.3, -0.25) is 9.78 Å². The highest BCUT2D eigenvalue weighted by Gasteiger charge is 2.09. The largest absolute Gasteiger partial charge is 0.493 e. The minimum atomic E-state index is -0.627. The maximum absolute atomic E-state index is 12.2. The molecule has 0 spiro atoms. The number of aromatic nitrogens is 1. The van der Waals surface area contributed by atoms with Gasteiger partial charge in [0.15, 0.2) is 18.1 Å². The van der Waals surface area contributed by atoms with Gasteiger partial charge in [-0.2, -0.15) is 0 Å². The molecular formula is C23H22N2O5. The van der Waals surface area contributed by atoms with Crippen molar-refractivity contribution in [1.29, 1.82) is 0 Å². The number of anilines is 1. The Bertz CT molecular complexity index is 1070. The van der Waals surface area contributed by atoms with Gasteiger partial charge in [-0.15, -0.1) is 0 Å². The second kappa shape index (κ2) is 10.1. The predicted molar refractivity (Wildman–Crippen MR) is 115 cm³/mol. The van der Waals surface area contributed by atoms with Crippen LogP contribution in [0.5, 0.6) is 11.5 Å². The number of pyridine rings is 1. The molecule has 1 N–H and O–H groups in total. The molecule has 2 aromatic carbocycles. The van der Waals surface area contributed by atoms with E-state index in [1.807, 2.05) is 19.1 Å². The summed E-state index contributed by atoms with van der Waals surface area (Å²) in [5.41, 5.74) is 2.11. The Kier molecular flexibility index (Phi) is 7.00. The van der Waals surface area contributed by atoms with Crippen molar-refractivity contribution in [2.45, 2.75) is 6.92 Å². The van der Waals surface area contributed by atoms with Crippen LogP contribution in [0, 0.1) is 0 Å². The van der Waals surface area contributed by atoms with E-state index in [2.05, 4.69) is 10.3 Å². The van der Waals surface area contributed by atoms with Crippen molar-refractivity contribution in [3.8, 4) is 11.5 Å². The summed E-state index contributed by atoms with van der Waals surface area (Å²) in [4.78, 5) is 28.4. The molecule has 0 saturated carbocycles. The van der Waals surface area contributed by atoms with E-state index in [0.29, 0.717) is 23.8 Å². The number of hydrogen-bond donors (Lipinski definition) is 1. The number of nitrogens with zero attached hydrogens (tertiary/aromatic N) is 1. The summed E-state index contributed by atoms with van der Waals surface area (Å²) in [6, 6.07) is 14.4. The van der Waals surface area contributed by atoms with Gasteiger partial charge in [-0.25, -0.2) is 4.79 Å². The van der Waals surface area contributed by atoms with Crippen LogP contribution in [0.4, 0.5) is 5.69 Å². The number of nitrogens with one attached hydrogen (secondary N) is 1. The lowest BCUT2D eigenvalue weighted by molar-refractivity contribution is -0.142. The molecule has 0 aliphatic carbocycles. The predicted octanol–water partition coefficient (Wildman–Crippen LogP) is 3.84. The SMILES string of the molecule is CCOc1ccc(/C=C/C(=O)OCC(=O)Nc2cccc3ncccc23)cc1OC. The first-order chi connectivity index (χ1) is 14.6. The quantitative estimate of drug-likeness (QED) is 0.452. The molecule has 1 heterocycles. The van der Waals surface area contributed by atoms with E-state index < -0.39 is 18.5 Å².